The van der Waals surface area contributed by atoms with E-state index >= 15 is 0 Å². The average Bonchev–Trinajstić information content (AvgIpc) is 3.19. The van der Waals surface area contributed by atoms with E-state index in [1.54, 1.807) is 6.20 Å². The van der Waals surface area contributed by atoms with Gasteiger partial charge in [-0.3, -0.25) is 4.79 Å². The van der Waals surface area contributed by atoms with Crippen molar-refractivity contribution >= 4 is 11.6 Å². The Hall–Kier alpha value is -2.18. The van der Waals surface area contributed by atoms with Gasteiger partial charge in [0.05, 0.1) is 25.3 Å². The molecule has 2 N–H and O–H groups in total. The number of hydrogen-bond donors (Lipinski definition) is 2. The highest BCUT2D eigenvalue weighted by Gasteiger charge is 2.32. The summed E-state index contributed by atoms with van der Waals surface area (Å²) < 4.78 is 10.6. The molecule has 2 heterocycles. The van der Waals surface area contributed by atoms with Crippen molar-refractivity contribution < 1.29 is 13.9 Å². The van der Waals surface area contributed by atoms with Crippen LogP contribution in [-0.4, -0.2) is 37.2 Å². The number of ether oxygens (including phenoxy) is 1. The van der Waals surface area contributed by atoms with Gasteiger partial charge in [-0.25, -0.2) is 4.98 Å². The fraction of sp³-hybridized carbons (Fsp3) is 0.333. The van der Waals surface area contributed by atoms with Crippen LogP contribution in [0.4, 0.5) is 5.69 Å². The van der Waals surface area contributed by atoms with Gasteiger partial charge in [-0.1, -0.05) is 0 Å². The highest BCUT2D eigenvalue weighted by atomic mass is 16.5. The summed E-state index contributed by atoms with van der Waals surface area (Å²) >= 11 is 0. The third-order valence-electron chi connectivity index (χ3n) is 3.66. The van der Waals surface area contributed by atoms with Crippen molar-refractivity contribution in [2.75, 3.05) is 25.6 Å². The van der Waals surface area contributed by atoms with Crippen LogP contribution in [0, 0.1) is 5.92 Å². The Morgan fingerprint density at radius 2 is 2.10 bits per heavy atom. The van der Waals surface area contributed by atoms with Crippen LogP contribution in [0.1, 0.15) is 0 Å². The van der Waals surface area contributed by atoms with Gasteiger partial charge in [0.15, 0.2) is 12.2 Å². The van der Waals surface area contributed by atoms with Gasteiger partial charge in [-0.2, -0.15) is 0 Å². The molecule has 1 aromatic heterocycles. The summed E-state index contributed by atoms with van der Waals surface area (Å²) in [5.74, 6) is 0.510. The van der Waals surface area contributed by atoms with Crippen molar-refractivity contribution in [2.45, 2.75) is 6.04 Å². The van der Waals surface area contributed by atoms with Crippen molar-refractivity contribution in [2.24, 2.45) is 5.92 Å². The van der Waals surface area contributed by atoms with Crippen LogP contribution in [0.5, 0.6) is 0 Å². The zero-order valence-corrected chi connectivity index (χ0v) is 11.7. The molecule has 0 aliphatic carbocycles. The van der Waals surface area contributed by atoms with Crippen molar-refractivity contribution in [3.63, 3.8) is 0 Å². The molecule has 3 rings (SSSR count). The maximum absolute atomic E-state index is 12.2. The molecule has 21 heavy (non-hydrogen) atoms. The second-order valence-corrected chi connectivity index (χ2v) is 4.97. The van der Waals surface area contributed by atoms with E-state index < -0.39 is 0 Å². The van der Waals surface area contributed by atoms with Crippen molar-refractivity contribution in [1.82, 2.24) is 10.3 Å². The maximum Gasteiger partial charge on any atom is 0.231 e. The number of nitrogens with zero attached hydrogens (tertiary/aromatic N) is 1. The molecule has 1 amide bonds. The lowest BCUT2D eigenvalue weighted by Crippen LogP contribution is -2.39. The number of carbonyl (C=O) groups is 1. The fourth-order valence-electron chi connectivity index (χ4n) is 2.41. The zero-order chi connectivity index (χ0) is 14.7. The number of hydrogen-bond acceptors (Lipinski definition) is 5. The van der Waals surface area contributed by atoms with Crippen LogP contribution in [0.2, 0.25) is 0 Å². The number of amides is 1. The Morgan fingerprint density at radius 3 is 2.76 bits per heavy atom. The molecule has 0 bridgehead atoms. The molecule has 1 aliphatic heterocycles. The van der Waals surface area contributed by atoms with Crippen LogP contribution in [0.25, 0.3) is 11.3 Å². The molecule has 1 aliphatic rings. The number of oxazole rings is 1. The first-order valence-corrected chi connectivity index (χ1v) is 6.82. The highest BCUT2D eigenvalue weighted by Crippen LogP contribution is 2.22. The van der Waals surface area contributed by atoms with E-state index in [0.29, 0.717) is 19.0 Å². The summed E-state index contributed by atoms with van der Waals surface area (Å²) in [6.07, 6.45) is 3.05. The van der Waals surface area contributed by atoms with E-state index in [1.165, 1.54) is 6.39 Å². The molecule has 0 radical (unpaired) electrons. The van der Waals surface area contributed by atoms with Crippen molar-refractivity contribution in [3.8, 4) is 11.3 Å². The van der Waals surface area contributed by atoms with Crippen LogP contribution < -0.4 is 10.6 Å². The Bertz CT molecular complexity index is 595. The predicted octanol–water partition coefficient (Wildman–Crippen LogP) is 1.51. The maximum atomic E-state index is 12.2. The van der Waals surface area contributed by atoms with E-state index in [9.17, 15) is 4.79 Å². The molecular formula is C15H17N3O3. The van der Waals surface area contributed by atoms with Gasteiger partial charge in [0.2, 0.25) is 5.91 Å². The zero-order valence-electron chi connectivity index (χ0n) is 11.7. The Morgan fingerprint density at radius 1 is 1.29 bits per heavy atom. The van der Waals surface area contributed by atoms with Gasteiger partial charge in [0, 0.05) is 17.3 Å². The van der Waals surface area contributed by atoms with Gasteiger partial charge in [-0.05, 0) is 31.3 Å². The normalized spacial score (nSPS) is 21.4. The third kappa shape index (κ3) is 2.96. The number of likely N-dealkylation sites (N-methyl/N-ethyl adjacent to an activating group) is 1. The third-order valence-corrected chi connectivity index (χ3v) is 3.66. The minimum atomic E-state index is -0.163. The first-order valence-electron chi connectivity index (χ1n) is 6.82. The quantitative estimate of drug-likeness (QED) is 0.891. The summed E-state index contributed by atoms with van der Waals surface area (Å²) in [6, 6.07) is 7.53. The molecule has 1 saturated heterocycles. The van der Waals surface area contributed by atoms with E-state index in [4.69, 9.17) is 9.15 Å². The molecule has 110 valence electrons. The molecule has 0 saturated carbocycles. The summed E-state index contributed by atoms with van der Waals surface area (Å²) in [4.78, 5) is 16.1. The smallest absolute Gasteiger partial charge is 0.231 e. The first-order chi connectivity index (χ1) is 10.3. The Balaban J connectivity index is 1.66. The second-order valence-electron chi connectivity index (χ2n) is 4.97. The summed E-state index contributed by atoms with van der Waals surface area (Å²) in [5, 5.41) is 6.02. The molecule has 2 aromatic rings. The van der Waals surface area contributed by atoms with E-state index in [2.05, 4.69) is 15.6 Å². The monoisotopic (exact) mass is 287 g/mol. The molecule has 1 fully saturated rings. The number of benzene rings is 1. The van der Waals surface area contributed by atoms with E-state index in [1.807, 2.05) is 31.3 Å². The lowest BCUT2D eigenvalue weighted by molar-refractivity contribution is -0.120. The molecule has 2 atom stereocenters. The van der Waals surface area contributed by atoms with Crippen molar-refractivity contribution in [1.29, 1.82) is 0 Å². The minimum absolute atomic E-state index is 0.0285. The van der Waals surface area contributed by atoms with Gasteiger partial charge in [0.25, 0.3) is 0 Å². The van der Waals surface area contributed by atoms with E-state index in [-0.39, 0.29) is 17.9 Å². The van der Waals surface area contributed by atoms with Crippen LogP contribution in [-0.2, 0) is 9.53 Å². The number of rotatable bonds is 4. The average molecular weight is 287 g/mol. The molecule has 2 unspecified atom stereocenters. The summed E-state index contributed by atoms with van der Waals surface area (Å²) in [7, 11) is 1.84. The van der Waals surface area contributed by atoms with Gasteiger partial charge >= 0.3 is 0 Å². The fourth-order valence-corrected chi connectivity index (χ4v) is 2.41. The first kappa shape index (κ1) is 13.8. The van der Waals surface area contributed by atoms with E-state index in [0.717, 1.165) is 11.3 Å². The van der Waals surface area contributed by atoms with Gasteiger partial charge in [0.1, 0.15) is 0 Å². The topological polar surface area (TPSA) is 76.4 Å². The van der Waals surface area contributed by atoms with Crippen LogP contribution in [0.3, 0.4) is 0 Å². The largest absolute Gasteiger partial charge is 0.444 e. The van der Waals surface area contributed by atoms with Gasteiger partial charge in [-0.15, -0.1) is 0 Å². The Kier molecular flexibility index (Phi) is 3.98. The van der Waals surface area contributed by atoms with Crippen LogP contribution >= 0.6 is 0 Å². The molecular weight excluding hydrogens is 270 g/mol. The molecule has 1 aromatic carbocycles. The number of nitrogens with one attached hydrogen (secondary N) is 2. The standard InChI is InChI=1S/C15H17N3O3/c1-16-13-8-20-7-12(13)15(19)18-11-4-2-10(3-5-11)14-6-17-9-21-14/h2-6,9,12-13,16H,7-8H2,1H3,(H,18,19). The summed E-state index contributed by atoms with van der Waals surface area (Å²) in [5.41, 5.74) is 1.67. The van der Waals surface area contributed by atoms with Gasteiger partial charge < -0.3 is 19.8 Å². The minimum Gasteiger partial charge on any atom is -0.444 e. The number of carbonyl (C=O) groups excluding carboxylic acids is 1. The highest BCUT2D eigenvalue weighted by molar-refractivity contribution is 5.93. The Labute approximate surface area is 122 Å². The molecule has 6 nitrogen and oxygen atoms in total. The predicted molar refractivity (Wildman–Crippen MR) is 77.7 cm³/mol. The SMILES string of the molecule is CNC1COCC1C(=O)Nc1ccc(-c2cnco2)cc1. The molecule has 0 spiro atoms. The lowest BCUT2D eigenvalue weighted by atomic mass is 10.0. The number of anilines is 1. The van der Waals surface area contributed by atoms with Crippen molar-refractivity contribution in [3.05, 3.63) is 36.9 Å². The number of aromatic nitrogens is 1. The van der Waals surface area contributed by atoms with Crippen LogP contribution in [0.15, 0.2) is 41.3 Å². The second kappa shape index (κ2) is 6.07. The molecule has 6 heteroatoms. The lowest BCUT2D eigenvalue weighted by Gasteiger charge is -2.16. The summed E-state index contributed by atoms with van der Waals surface area (Å²) in [6.45, 7) is 1.02.